The number of ether oxygens (including phenoxy) is 1. The maximum atomic E-state index is 10.5. The number of anilines is 1. The Morgan fingerprint density at radius 1 is 1.10 bits per heavy atom. The monoisotopic (exact) mass is 289 g/mol. The van der Waals surface area contributed by atoms with Crippen LogP contribution in [0.1, 0.15) is 38.5 Å². The Morgan fingerprint density at radius 3 is 2.29 bits per heavy atom. The Balaban J connectivity index is 1.55. The maximum Gasteiger partial charge on any atom is 0.341 e. The Morgan fingerprint density at radius 2 is 1.71 bits per heavy atom. The number of hydrogen-bond acceptors (Lipinski definition) is 3. The van der Waals surface area contributed by atoms with E-state index in [2.05, 4.69) is 4.90 Å². The van der Waals surface area contributed by atoms with Gasteiger partial charge in [0.2, 0.25) is 0 Å². The number of carboxylic acids is 1. The van der Waals surface area contributed by atoms with Crippen LogP contribution in [0.15, 0.2) is 24.3 Å². The van der Waals surface area contributed by atoms with Gasteiger partial charge in [-0.05, 0) is 37.1 Å². The number of benzene rings is 1. The van der Waals surface area contributed by atoms with Crippen LogP contribution < -0.4 is 9.64 Å². The van der Waals surface area contributed by atoms with E-state index in [4.69, 9.17) is 9.84 Å². The normalized spacial score (nSPS) is 20.7. The van der Waals surface area contributed by atoms with Crippen molar-refractivity contribution in [1.29, 1.82) is 0 Å². The van der Waals surface area contributed by atoms with E-state index in [-0.39, 0.29) is 6.61 Å². The lowest BCUT2D eigenvalue weighted by Crippen LogP contribution is -2.56. The van der Waals surface area contributed by atoms with Crippen LogP contribution >= 0.6 is 0 Å². The molecule has 1 aliphatic heterocycles. The molecule has 0 unspecified atom stereocenters. The highest BCUT2D eigenvalue weighted by atomic mass is 16.5. The molecule has 0 aromatic heterocycles. The lowest BCUT2D eigenvalue weighted by Gasteiger charge is -2.51. The molecule has 3 rings (SSSR count). The van der Waals surface area contributed by atoms with Crippen LogP contribution in [-0.4, -0.2) is 30.8 Å². The molecule has 1 aromatic rings. The summed E-state index contributed by atoms with van der Waals surface area (Å²) in [6.07, 6.45) is 8.33. The van der Waals surface area contributed by atoms with Crippen LogP contribution in [-0.2, 0) is 4.79 Å². The lowest BCUT2D eigenvalue weighted by atomic mass is 9.73. The van der Waals surface area contributed by atoms with Gasteiger partial charge in [-0.15, -0.1) is 0 Å². The van der Waals surface area contributed by atoms with Crippen molar-refractivity contribution < 1.29 is 14.6 Å². The van der Waals surface area contributed by atoms with Crippen LogP contribution in [0.4, 0.5) is 5.69 Å². The third kappa shape index (κ3) is 3.31. The van der Waals surface area contributed by atoms with Crippen LogP contribution in [0.3, 0.4) is 0 Å². The zero-order chi connectivity index (χ0) is 14.7. The Labute approximate surface area is 125 Å². The van der Waals surface area contributed by atoms with E-state index in [9.17, 15) is 4.79 Å². The largest absolute Gasteiger partial charge is 0.482 e. The summed E-state index contributed by atoms with van der Waals surface area (Å²) in [5.74, 6) is -0.331. The number of carboxylic acid groups (broad SMARTS) is 1. The molecule has 1 heterocycles. The van der Waals surface area contributed by atoms with Crippen molar-refractivity contribution in [2.24, 2.45) is 5.41 Å². The number of carbonyl (C=O) groups is 1. The van der Waals surface area contributed by atoms with Gasteiger partial charge in [-0.2, -0.15) is 0 Å². The highest BCUT2D eigenvalue weighted by Gasteiger charge is 2.42. The third-order valence-electron chi connectivity index (χ3n) is 4.78. The molecule has 1 aliphatic carbocycles. The Bertz CT molecular complexity index is 481. The van der Waals surface area contributed by atoms with Crippen molar-refractivity contribution in [3.63, 3.8) is 0 Å². The van der Waals surface area contributed by atoms with E-state index in [1.807, 2.05) is 24.3 Å². The summed E-state index contributed by atoms with van der Waals surface area (Å²) in [4.78, 5) is 12.9. The average Bonchev–Trinajstić information content (AvgIpc) is 2.70. The number of nitrogens with zero attached hydrogens (tertiary/aromatic N) is 1. The second kappa shape index (κ2) is 5.96. The fourth-order valence-corrected chi connectivity index (χ4v) is 3.64. The van der Waals surface area contributed by atoms with Crippen molar-refractivity contribution in [3.8, 4) is 5.75 Å². The topological polar surface area (TPSA) is 49.8 Å². The molecule has 1 saturated carbocycles. The Kier molecular flexibility index (Phi) is 4.04. The summed E-state index contributed by atoms with van der Waals surface area (Å²) >= 11 is 0. The molecule has 0 bridgehead atoms. The second-order valence-electron chi connectivity index (χ2n) is 6.45. The summed E-state index contributed by atoms with van der Waals surface area (Å²) in [5, 5.41) is 8.60. The van der Waals surface area contributed by atoms with E-state index >= 15 is 0 Å². The fraction of sp³-hybridized carbons (Fsp3) is 0.588. The van der Waals surface area contributed by atoms with Gasteiger partial charge in [-0.1, -0.05) is 25.7 Å². The van der Waals surface area contributed by atoms with Gasteiger partial charge in [0.05, 0.1) is 0 Å². The lowest BCUT2D eigenvalue weighted by molar-refractivity contribution is -0.139. The maximum absolute atomic E-state index is 10.5. The smallest absolute Gasteiger partial charge is 0.341 e. The van der Waals surface area contributed by atoms with Gasteiger partial charge in [0.15, 0.2) is 6.61 Å². The molecule has 0 atom stereocenters. The van der Waals surface area contributed by atoms with Gasteiger partial charge in [0.25, 0.3) is 0 Å². The van der Waals surface area contributed by atoms with E-state index < -0.39 is 5.97 Å². The van der Waals surface area contributed by atoms with Crippen LogP contribution in [0.5, 0.6) is 5.75 Å². The van der Waals surface area contributed by atoms with Gasteiger partial charge in [0.1, 0.15) is 5.75 Å². The molecular formula is C17H23NO3. The van der Waals surface area contributed by atoms with E-state index in [1.54, 1.807) is 0 Å². The first kappa shape index (κ1) is 14.2. The number of aliphatic carboxylic acids is 1. The molecule has 21 heavy (non-hydrogen) atoms. The molecule has 0 amide bonds. The zero-order valence-electron chi connectivity index (χ0n) is 12.4. The van der Waals surface area contributed by atoms with Crippen LogP contribution in [0.2, 0.25) is 0 Å². The van der Waals surface area contributed by atoms with Gasteiger partial charge in [-0.25, -0.2) is 4.79 Å². The van der Waals surface area contributed by atoms with Crippen molar-refractivity contribution >= 4 is 11.7 Å². The highest BCUT2D eigenvalue weighted by molar-refractivity contribution is 5.68. The van der Waals surface area contributed by atoms with Crippen LogP contribution in [0, 0.1) is 5.41 Å². The quantitative estimate of drug-likeness (QED) is 0.924. The van der Waals surface area contributed by atoms with Crippen LogP contribution in [0.25, 0.3) is 0 Å². The average molecular weight is 289 g/mol. The molecule has 4 heteroatoms. The van der Waals surface area contributed by atoms with Gasteiger partial charge in [0, 0.05) is 24.2 Å². The van der Waals surface area contributed by atoms with Crippen molar-refractivity contribution in [3.05, 3.63) is 24.3 Å². The molecule has 2 fully saturated rings. The summed E-state index contributed by atoms with van der Waals surface area (Å²) in [5.41, 5.74) is 1.78. The predicted molar refractivity (Wildman–Crippen MR) is 81.9 cm³/mol. The van der Waals surface area contributed by atoms with Gasteiger partial charge < -0.3 is 14.7 Å². The highest BCUT2D eigenvalue weighted by Crippen LogP contribution is 2.44. The molecule has 4 nitrogen and oxygen atoms in total. The van der Waals surface area contributed by atoms with Crippen molar-refractivity contribution in [1.82, 2.24) is 0 Å². The van der Waals surface area contributed by atoms with E-state index in [1.165, 1.54) is 57.3 Å². The van der Waals surface area contributed by atoms with Crippen molar-refractivity contribution in [2.75, 3.05) is 24.6 Å². The first-order valence-corrected chi connectivity index (χ1v) is 7.87. The van der Waals surface area contributed by atoms with E-state index in [0.717, 1.165) is 0 Å². The molecule has 1 N–H and O–H groups in total. The summed E-state index contributed by atoms with van der Waals surface area (Å²) < 4.78 is 5.16. The molecule has 1 spiro atoms. The SMILES string of the molecule is O=C(O)COc1ccc(N2CC3(CCCCCC3)C2)cc1. The van der Waals surface area contributed by atoms with Gasteiger partial charge in [-0.3, -0.25) is 0 Å². The second-order valence-corrected chi connectivity index (χ2v) is 6.45. The minimum atomic E-state index is -0.947. The summed E-state index contributed by atoms with van der Waals surface area (Å²) in [7, 11) is 0. The molecule has 1 saturated heterocycles. The standard InChI is InChI=1S/C17H23NO3/c19-16(20)11-21-15-7-5-14(6-8-15)18-12-17(13-18)9-3-1-2-4-10-17/h5-8H,1-4,9-13H2,(H,19,20). The molecule has 0 radical (unpaired) electrons. The predicted octanol–water partition coefficient (Wildman–Crippen LogP) is 3.31. The first-order chi connectivity index (χ1) is 10.2. The summed E-state index contributed by atoms with van der Waals surface area (Å²) in [6.45, 7) is 2.05. The minimum Gasteiger partial charge on any atom is -0.482 e. The van der Waals surface area contributed by atoms with Crippen molar-refractivity contribution in [2.45, 2.75) is 38.5 Å². The molecule has 114 valence electrons. The first-order valence-electron chi connectivity index (χ1n) is 7.87. The fourth-order valence-electron chi connectivity index (χ4n) is 3.64. The minimum absolute atomic E-state index is 0.286. The molecule has 2 aliphatic rings. The zero-order valence-corrected chi connectivity index (χ0v) is 12.4. The number of rotatable bonds is 4. The van der Waals surface area contributed by atoms with E-state index in [0.29, 0.717) is 11.2 Å². The molecular weight excluding hydrogens is 266 g/mol. The summed E-state index contributed by atoms with van der Waals surface area (Å²) in [6, 6.07) is 7.77. The number of hydrogen-bond donors (Lipinski definition) is 1. The third-order valence-corrected chi connectivity index (χ3v) is 4.78. The Hall–Kier alpha value is -1.71. The molecule has 1 aromatic carbocycles. The van der Waals surface area contributed by atoms with Gasteiger partial charge >= 0.3 is 5.97 Å².